The third kappa shape index (κ3) is 2.59. The molecule has 3 rings (SSSR count). The molecule has 1 aromatic carbocycles. The second-order valence-electron chi connectivity index (χ2n) is 4.15. The van der Waals surface area contributed by atoms with Gasteiger partial charge in [0.05, 0.1) is 24.1 Å². The number of nitrogens with zero attached hydrogens (tertiary/aromatic N) is 5. The van der Waals surface area contributed by atoms with Crippen LogP contribution >= 0.6 is 0 Å². The van der Waals surface area contributed by atoms with E-state index in [-0.39, 0.29) is 0 Å². The molecule has 0 aliphatic rings. The lowest BCUT2D eigenvalue weighted by atomic mass is 10.2. The molecule has 2 heterocycles. The molecule has 7 nitrogen and oxygen atoms in total. The lowest BCUT2D eigenvalue weighted by molar-refractivity contribution is 0.789. The van der Waals surface area contributed by atoms with Gasteiger partial charge in [-0.15, -0.1) is 5.10 Å². The molecule has 0 amide bonds. The zero-order valence-electron chi connectivity index (χ0n) is 10.4. The van der Waals surface area contributed by atoms with E-state index >= 15 is 0 Å². The summed E-state index contributed by atoms with van der Waals surface area (Å²) >= 11 is 0. The van der Waals surface area contributed by atoms with Crippen LogP contribution in [0.3, 0.4) is 0 Å². The zero-order chi connectivity index (χ0) is 13.1. The highest BCUT2D eigenvalue weighted by Gasteiger charge is 2.01. The van der Waals surface area contributed by atoms with E-state index in [1.807, 2.05) is 37.4 Å². The molecule has 0 radical (unpaired) electrons. The molecule has 96 valence electrons. The summed E-state index contributed by atoms with van der Waals surface area (Å²) in [6.07, 6.45) is 3.39. The van der Waals surface area contributed by atoms with Gasteiger partial charge in [-0.05, 0) is 35.5 Å². The van der Waals surface area contributed by atoms with Crippen LogP contribution in [0.1, 0.15) is 11.5 Å². The first-order chi connectivity index (χ1) is 9.31. The largest absolute Gasteiger partial charge is 0.379 e. The average molecular weight is 255 g/mol. The van der Waals surface area contributed by atoms with Crippen molar-refractivity contribution in [2.75, 3.05) is 5.32 Å². The number of H-pyrrole nitrogens is 1. The van der Waals surface area contributed by atoms with Crippen LogP contribution in [0, 0.1) is 6.92 Å². The van der Waals surface area contributed by atoms with Gasteiger partial charge in [0, 0.05) is 5.69 Å². The average Bonchev–Trinajstić information content (AvgIpc) is 3.08. The smallest absolute Gasteiger partial charge is 0.143 e. The Balaban J connectivity index is 1.73. The Kier molecular flexibility index (Phi) is 2.93. The number of aromatic amines is 1. The standard InChI is InChI=1S/C12H13N7/c1-9-13-6-11(16-9)7-14-10-3-2-4-12(5-10)19-8-15-17-18-19/h2-6,8,14H,7H2,1H3,(H,13,16). The fourth-order valence-corrected chi connectivity index (χ4v) is 1.80. The first-order valence-corrected chi connectivity index (χ1v) is 5.89. The van der Waals surface area contributed by atoms with Gasteiger partial charge in [0.2, 0.25) is 0 Å². The van der Waals surface area contributed by atoms with E-state index in [1.54, 1.807) is 11.0 Å². The Hall–Kier alpha value is -2.70. The maximum atomic E-state index is 4.16. The van der Waals surface area contributed by atoms with E-state index in [4.69, 9.17) is 0 Å². The van der Waals surface area contributed by atoms with Crippen molar-refractivity contribution in [2.24, 2.45) is 0 Å². The minimum absolute atomic E-state index is 0.694. The van der Waals surface area contributed by atoms with Gasteiger partial charge in [0.15, 0.2) is 0 Å². The van der Waals surface area contributed by atoms with Crippen molar-refractivity contribution in [3.05, 3.63) is 48.3 Å². The van der Waals surface area contributed by atoms with Gasteiger partial charge in [0.1, 0.15) is 12.2 Å². The Morgan fingerprint density at radius 1 is 1.37 bits per heavy atom. The number of hydrogen-bond donors (Lipinski definition) is 2. The Morgan fingerprint density at radius 3 is 3.05 bits per heavy atom. The van der Waals surface area contributed by atoms with E-state index in [9.17, 15) is 0 Å². The van der Waals surface area contributed by atoms with Crippen LogP contribution in [0.4, 0.5) is 5.69 Å². The van der Waals surface area contributed by atoms with Crippen LogP contribution in [0.15, 0.2) is 36.8 Å². The number of nitrogens with one attached hydrogen (secondary N) is 2. The van der Waals surface area contributed by atoms with Gasteiger partial charge in [-0.25, -0.2) is 9.67 Å². The molecule has 0 bridgehead atoms. The number of aryl methyl sites for hydroxylation is 1. The third-order valence-electron chi connectivity index (χ3n) is 2.70. The lowest BCUT2D eigenvalue weighted by Gasteiger charge is -2.06. The third-order valence-corrected chi connectivity index (χ3v) is 2.70. The number of imidazole rings is 1. The second-order valence-corrected chi connectivity index (χ2v) is 4.15. The van der Waals surface area contributed by atoms with Crippen molar-refractivity contribution < 1.29 is 0 Å². The highest BCUT2D eigenvalue weighted by Crippen LogP contribution is 2.14. The summed E-state index contributed by atoms with van der Waals surface area (Å²) in [6, 6.07) is 7.89. The van der Waals surface area contributed by atoms with Crippen LogP contribution in [0.25, 0.3) is 5.69 Å². The van der Waals surface area contributed by atoms with E-state index in [0.29, 0.717) is 6.54 Å². The molecule has 0 saturated heterocycles. The number of rotatable bonds is 4. The number of aromatic nitrogens is 6. The molecule has 0 aliphatic heterocycles. The Labute approximate surface area is 109 Å². The molecule has 3 aromatic rings. The summed E-state index contributed by atoms with van der Waals surface area (Å²) in [5, 5.41) is 14.4. The van der Waals surface area contributed by atoms with E-state index < -0.39 is 0 Å². The number of anilines is 1. The molecule has 0 atom stereocenters. The lowest BCUT2D eigenvalue weighted by Crippen LogP contribution is -2.01. The summed E-state index contributed by atoms with van der Waals surface area (Å²) in [5.41, 5.74) is 2.96. The predicted molar refractivity (Wildman–Crippen MR) is 69.8 cm³/mol. The van der Waals surface area contributed by atoms with Crippen LogP contribution in [0.5, 0.6) is 0 Å². The van der Waals surface area contributed by atoms with Crippen LogP contribution < -0.4 is 5.32 Å². The SMILES string of the molecule is Cc1ncc(CNc2cccc(-n3cnnn3)c2)[nH]1. The first kappa shape index (κ1) is 11.4. The molecule has 0 aliphatic carbocycles. The number of tetrazole rings is 1. The number of hydrogen-bond acceptors (Lipinski definition) is 5. The van der Waals surface area contributed by atoms with Crippen LogP contribution in [-0.2, 0) is 6.54 Å². The summed E-state index contributed by atoms with van der Waals surface area (Å²) < 4.78 is 1.62. The fraction of sp³-hybridized carbons (Fsp3) is 0.167. The van der Waals surface area contributed by atoms with Crippen molar-refractivity contribution in [1.82, 2.24) is 30.2 Å². The fourth-order valence-electron chi connectivity index (χ4n) is 1.80. The van der Waals surface area contributed by atoms with Crippen LogP contribution in [-0.4, -0.2) is 30.2 Å². The quantitative estimate of drug-likeness (QED) is 0.734. The van der Waals surface area contributed by atoms with Crippen molar-refractivity contribution >= 4 is 5.69 Å². The van der Waals surface area contributed by atoms with Crippen molar-refractivity contribution in [1.29, 1.82) is 0 Å². The molecule has 2 N–H and O–H groups in total. The monoisotopic (exact) mass is 255 g/mol. The molecule has 0 unspecified atom stereocenters. The zero-order valence-corrected chi connectivity index (χ0v) is 10.4. The maximum absolute atomic E-state index is 4.16. The van der Waals surface area contributed by atoms with Gasteiger partial charge < -0.3 is 10.3 Å². The predicted octanol–water partition coefficient (Wildman–Crippen LogP) is 1.31. The Bertz CT molecular complexity index is 656. The highest BCUT2D eigenvalue weighted by atomic mass is 15.5. The molecular formula is C12H13N7. The van der Waals surface area contributed by atoms with Gasteiger partial charge in [0.25, 0.3) is 0 Å². The summed E-state index contributed by atoms with van der Waals surface area (Å²) in [7, 11) is 0. The first-order valence-electron chi connectivity index (χ1n) is 5.89. The molecule has 0 spiro atoms. The molecule has 0 fully saturated rings. The molecule has 7 heteroatoms. The van der Waals surface area contributed by atoms with Crippen LogP contribution in [0.2, 0.25) is 0 Å². The van der Waals surface area contributed by atoms with Gasteiger partial charge >= 0.3 is 0 Å². The van der Waals surface area contributed by atoms with E-state index in [1.165, 1.54) is 0 Å². The molecule has 2 aromatic heterocycles. The minimum Gasteiger partial charge on any atom is -0.379 e. The summed E-state index contributed by atoms with van der Waals surface area (Å²) in [5.74, 6) is 0.916. The topological polar surface area (TPSA) is 84.3 Å². The van der Waals surface area contributed by atoms with E-state index in [0.717, 1.165) is 22.9 Å². The number of benzene rings is 1. The highest BCUT2D eigenvalue weighted by molar-refractivity contribution is 5.50. The maximum Gasteiger partial charge on any atom is 0.143 e. The van der Waals surface area contributed by atoms with Crippen molar-refractivity contribution in [3.8, 4) is 5.69 Å². The Morgan fingerprint density at radius 2 is 2.32 bits per heavy atom. The van der Waals surface area contributed by atoms with E-state index in [2.05, 4.69) is 30.8 Å². The molecule has 0 saturated carbocycles. The normalized spacial score (nSPS) is 10.6. The molecule has 19 heavy (non-hydrogen) atoms. The summed E-state index contributed by atoms with van der Waals surface area (Å²) in [6.45, 7) is 2.63. The van der Waals surface area contributed by atoms with Crippen molar-refractivity contribution in [3.63, 3.8) is 0 Å². The second kappa shape index (κ2) is 4.89. The minimum atomic E-state index is 0.694. The van der Waals surface area contributed by atoms with Gasteiger partial charge in [-0.1, -0.05) is 6.07 Å². The molecular weight excluding hydrogens is 242 g/mol. The summed E-state index contributed by atoms with van der Waals surface area (Å²) in [4.78, 5) is 7.34. The van der Waals surface area contributed by atoms with Crippen molar-refractivity contribution in [2.45, 2.75) is 13.5 Å². The van der Waals surface area contributed by atoms with Gasteiger partial charge in [-0.2, -0.15) is 0 Å². The van der Waals surface area contributed by atoms with Gasteiger partial charge in [-0.3, -0.25) is 0 Å².